The van der Waals surface area contributed by atoms with E-state index in [4.69, 9.17) is 4.74 Å². The van der Waals surface area contributed by atoms with Crippen LogP contribution in [-0.2, 0) is 0 Å². The maximum absolute atomic E-state index is 11.9. The van der Waals surface area contributed by atoms with Crippen LogP contribution in [0.1, 0.15) is 19.3 Å². The Morgan fingerprint density at radius 1 is 1.47 bits per heavy atom. The lowest BCUT2D eigenvalue weighted by Gasteiger charge is -2.29. The Morgan fingerprint density at radius 3 is 2.82 bits per heavy atom. The van der Waals surface area contributed by atoms with Crippen LogP contribution in [0.3, 0.4) is 0 Å². The van der Waals surface area contributed by atoms with Crippen LogP contribution in [0.5, 0.6) is 5.75 Å². The molecule has 2 amide bonds. The number of nitrogens with zero attached hydrogens (tertiary/aromatic N) is 1. The van der Waals surface area contributed by atoms with Gasteiger partial charge in [-0.1, -0.05) is 6.07 Å². The zero-order chi connectivity index (χ0) is 12.3. The Balaban J connectivity index is 2.01. The van der Waals surface area contributed by atoms with Gasteiger partial charge in [0.1, 0.15) is 5.75 Å². The number of amides is 2. The first kappa shape index (κ1) is 11.8. The molecule has 92 valence electrons. The predicted molar refractivity (Wildman–Crippen MR) is 67.6 cm³/mol. The summed E-state index contributed by atoms with van der Waals surface area (Å²) < 4.78 is 5.14. The minimum absolute atomic E-state index is 0.0528. The Hall–Kier alpha value is -1.71. The van der Waals surface area contributed by atoms with E-state index in [-0.39, 0.29) is 6.03 Å². The van der Waals surface area contributed by atoms with Crippen molar-refractivity contribution in [2.75, 3.05) is 19.1 Å². The maximum Gasteiger partial charge on any atom is 0.321 e. The summed E-state index contributed by atoms with van der Waals surface area (Å²) in [5.74, 6) is 0.755. The molecule has 1 fully saturated rings. The van der Waals surface area contributed by atoms with Gasteiger partial charge in [0.15, 0.2) is 0 Å². The molecule has 0 aliphatic heterocycles. The van der Waals surface area contributed by atoms with Crippen LogP contribution < -0.4 is 15.0 Å². The highest BCUT2D eigenvalue weighted by Gasteiger charge is 2.21. The quantitative estimate of drug-likeness (QED) is 0.872. The van der Waals surface area contributed by atoms with Crippen molar-refractivity contribution in [2.45, 2.75) is 25.3 Å². The van der Waals surface area contributed by atoms with Crippen LogP contribution in [0.25, 0.3) is 0 Å². The average molecular weight is 234 g/mol. The summed E-state index contributed by atoms with van der Waals surface area (Å²) in [5.41, 5.74) is 0.834. The van der Waals surface area contributed by atoms with Crippen LogP contribution in [0.4, 0.5) is 10.5 Å². The molecule has 0 spiro atoms. The van der Waals surface area contributed by atoms with Gasteiger partial charge in [0, 0.05) is 24.8 Å². The largest absolute Gasteiger partial charge is 0.497 e. The number of benzene rings is 1. The highest BCUT2D eigenvalue weighted by atomic mass is 16.5. The first-order valence-electron chi connectivity index (χ1n) is 5.89. The standard InChI is InChI=1S/C13H18N2O2/c1-15(13(16)14-10-5-3-6-10)11-7-4-8-12(9-11)17-2/h4,7-10H,3,5-6H2,1-2H3,(H,14,16). The number of carbonyl (C=O) groups is 1. The van der Waals surface area contributed by atoms with Gasteiger partial charge in [0.25, 0.3) is 0 Å². The van der Waals surface area contributed by atoms with Crippen molar-refractivity contribution in [2.24, 2.45) is 0 Å². The summed E-state index contributed by atoms with van der Waals surface area (Å²) in [6.07, 6.45) is 3.41. The molecule has 0 atom stereocenters. The van der Waals surface area contributed by atoms with Crippen LogP contribution in [-0.4, -0.2) is 26.2 Å². The second kappa shape index (κ2) is 5.08. The van der Waals surface area contributed by atoms with E-state index in [1.54, 1.807) is 19.1 Å². The van der Waals surface area contributed by atoms with Gasteiger partial charge in [0.05, 0.1) is 7.11 Å². The lowest BCUT2D eigenvalue weighted by Crippen LogP contribution is -2.46. The van der Waals surface area contributed by atoms with Crippen LogP contribution >= 0.6 is 0 Å². The zero-order valence-corrected chi connectivity index (χ0v) is 10.3. The van der Waals surface area contributed by atoms with Gasteiger partial charge >= 0.3 is 6.03 Å². The molecular formula is C13H18N2O2. The second-order valence-electron chi connectivity index (χ2n) is 4.34. The van der Waals surface area contributed by atoms with E-state index < -0.39 is 0 Å². The molecule has 4 heteroatoms. The number of nitrogens with one attached hydrogen (secondary N) is 1. The lowest BCUT2D eigenvalue weighted by molar-refractivity contribution is 0.235. The lowest BCUT2D eigenvalue weighted by atomic mass is 9.93. The van der Waals surface area contributed by atoms with Gasteiger partial charge in [-0.3, -0.25) is 4.90 Å². The molecular weight excluding hydrogens is 216 g/mol. The predicted octanol–water partition coefficient (Wildman–Crippen LogP) is 2.39. The number of anilines is 1. The average Bonchev–Trinajstić information content (AvgIpc) is 2.32. The molecule has 0 saturated heterocycles. The van der Waals surface area contributed by atoms with Crippen molar-refractivity contribution in [3.8, 4) is 5.75 Å². The number of methoxy groups -OCH3 is 1. The number of carbonyl (C=O) groups excluding carboxylic acids is 1. The molecule has 0 aromatic heterocycles. The molecule has 1 aliphatic rings. The molecule has 0 bridgehead atoms. The number of urea groups is 1. The number of hydrogen-bond donors (Lipinski definition) is 1. The molecule has 0 radical (unpaired) electrons. The van der Waals surface area contributed by atoms with Gasteiger partial charge < -0.3 is 10.1 Å². The van der Waals surface area contributed by atoms with E-state index in [0.29, 0.717) is 6.04 Å². The summed E-state index contributed by atoms with van der Waals surface area (Å²) >= 11 is 0. The number of hydrogen-bond acceptors (Lipinski definition) is 2. The zero-order valence-electron chi connectivity index (χ0n) is 10.3. The third-order valence-electron chi connectivity index (χ3n) is 3.18. The molecule has 1 aliphatic carbocycles. The molecule has 1 aromatic rings. The van der Waals surface area contributed by atoms with Crippen molar-refractivity contribution >= 4 is 11.7 Å². The third kappa shape index (κ3) is 2.70. The minimum atomic E-state index is -0.0528. The van der Waals surface area contributed by atoms with Crippen molar-refractivity contribution in [3.63, 3.8) is 0 Å². The Morgan fingerprint density at radius 2 is 2.24 bits per heavy atom. The van der Waals surface area contributed by atoms with E-state index in [1.807, 2.05) is 24.3 Å². The molecule has 17 heavy (non-hydrogen) atoms. The fourth-order valence-corrected chi connectivity index (χ4v) is 1.76. The van der Waals surface area contributed by atoms with E-state index in [9.17, 15) is 4.79 Å². The van der Waals surface area contributed by atoms with E-state index in [1.165, 1.54) is 6.42 Å². The van der Waals surface area contributed by atoms with Gasteiger partial charge in [-0.05, 0) is 31.4 Å². The van der Waals surface area contributed by atoms with E-state index in [0.717, 1.165) is 24.3 Å². The van der Waals surface area contributed by atoms with Crippen LogP contribution in [0.15, 0.2) is 24.3 Å². The second-order valence-corrected chi connectivity index (χ2v) is 4.34. The molecule has 0 heterocycles. The first-order chi connectivity index (χ1) is 8.20. The summed E-state index contributed by atoms with van der Waals surface area (Å²) in [6.45, 7) is 0. The summed E-state index contributed by atoms with van der Waals surface area (Å²) in [4.78, 5) is 13.5. The number of rotatable bonds is 3. The summed E-state index contributed by atoms with van der Waals surface area (Å²) in [5, 5.41) is 3.00. The Labute approximate surface area is 102 Å². The van der Waals surface area contributed by atoms with Crippen molar-refractivity contribution in [1.82, 2.24) is 5.32 Å². The van der Waals surface area contributed by atoms with Gasteiger partial charge in [-0.2, -0.15) is 0 Å². The molecule has 1 N–H and O–H groups in total. The van der Waals surface area contributed by atoms with Gasteiger partial charge in [-0.25, -0.2) is 4.79 Å². The maximum atomic E-state index is 11.9. The summed E-state index contributed by atoms with van der Waals surface area (Å²) in [6, 6.07) is 7.78. The molecule has 1 saturated carbocycles. The smallest absolute Gasteiger partial charge is 0.321 e. The Kier molecular flexibility index (Phi) is 3.52. The van der Waals surface area contributed by atoms with Crippen molar-refractivity contribution in [3.05, 3.63) is 24.3 Å². The first-order valence-corrected chi connectivity index (χ1v) is 5.89. The summed E-state index contributed by atoms with van der Waals surface area (Å²) in [7, 11) is 3.39. The van der Waals surface area contributed by atoms with Gasteiger partial charge in [-0.15, -0.1) is 0 Å². The molecule has 2 rings (SSSR count). The fourth-order valence-electron chi connectivity index (χ4n) is 1.76. The highest BCUT2D eigenvalue weighted by molar-refractivity contribution is 5.91. The Bertz CT molecular complexity index is 402. The topological polar surface area (TPSA) is 41.6 Å². The highest BCUT2D eigenvalue weighted by Crippen LogP contribution is 2.21. The monoisotopic (exact) mass is 234 g/mol. The van der Waals surface area contributed by atoms with Crippen LogP contribution in [0, 0.1) is 0 Å². The van der Waals surface area contributed by atoms with Crippen molar-refractivity contribution < 1.29 is 9.53 Å². The number of ether oxygens (including phenoxy) is 1. The SMILES string of the molecule is COc1cccc(N(C)C(=O)NC2CCC2)c1. The van der Waals surface area contributed by atoms with E-state index in [2.05, 4.69) is 5.32 Å². The van der Waals surface area contributed by atoms with Crippen LogP contribution in [0.2, 0.25) is 0 Å². The van der Waals surface area contributed by atoms with E-state index >= 15 is 0 Å². The van der Waals surface area contributed by atoms with Gasteiger partial charge in [0.2, 0.25) is 0 Å². The normalized spacial score (nSPS) is 14.9. The third-order valence-corrected chi connectivity index (χ3v) is 3.18. The molecule has 4 nitrogen and oxygen atoms in total. The van der Waals surface area contributed by atoms with Crippen molar-refractivity contribution in [1.29, 1.82) is 0 Å². The fraction of sp³-hybridized carbons (Fsp3) is 0.462. The molecule has 0 unspecified atom stereocenters. The minimum Gasteiger partial charge on any atom is -0.497 e. The molecule has 1 aromatic carbocycles.